The summed E-state index contributed by atoms with van der Waals surface area (Å²) < 4.78 is 13.1. The monoisotopic (exact) mass is 237 g/mol. The van der Waals surface area contributed by atoms with Crippen molar-refractivity contribution in [2.24, 2.45) is 5.92 Å². The zero-order chi connectivity index (χ0) is 12.4. The number of nitrogens with zero attached hydrogens (tertiary/aromatic N) is 1. The van der Waals surface area contributed by atoms with Crippen LogP contribution in [-0.4, -0.2) is 35.6 Å². The molecule has 2 rings (SSSR count). The molecular formula is C13H16FNO2. The molecule has 1 N–H and O–H groups in total. The van der Waals surface area contributed by atoms with Crippen molar-refractivity contribution in [1.29, 1.82) is 0 Å². The molecule has 92 valence electrons. The number of carbonyl (C=O) groups is 1. The average molecular weight is 237 g/mol. The predicted molar refractivity (Wildman–Crippen MR) is 62.3 cm³/mol. The molecule has 0 spiro atoms. The largest absolute Gasteiger partial charge is 0.481 e. The molecule has 1 heterocycles. The summed E-state index contributed by atoms with van der Waals surface area (Å²) in [5, 5.41) is 9.13. The van der Waals surface area contributed by atoms with Crippen LogP contribution in [-0.2, 0) is 11.2 Å². The maximum atomic E-state index is 13.1. The van der Waals surface area contributed by atoms with Gasteiger partial charge in [-0.25, -0.2) is 4.39 Å². The maximum absolute atomic E-state index is 13.1. The Bertz CT molecular complexity index is 422. The fourth-order valence-corrected chi connectivity index (χ4v) is 2.50. The number of likely N-dealkylation sites (N-methyl/N-ethyl adjacent to an activating group) is 1. The lowest BCUT2D eigenvalue weighted by molar-refractivity contribution is -0.142. The van der Waals surface area contributed by atoms with Gasteiger partial charge in [-0.2, -0.15) is 0 Å². The first kappa shape index (κ1) is 12.0. The molecule has 1 aliphatic rings. The molecule has 2 unspecified atom stereocenters. The molecule has 1 aromatic carbocycles. The third kappa shape index (κ3) is 2.64. The van der Waals surface area contributed by atoms with Crippen LogP contribution in [0, 0.1) is 11.7 Å². The summed E-state index contributed by atoms with van der Waals surface area (Å²) in [7, 11) is 1.92. The van der Waals surface area contributed by atoms with Crippen molar-refractivity contribution in [1.82, 2.24) is 4.90 Å². The average Bonchev–Trinajstić information content (AvgIpc) is 2.61. The topological polar surface area (TPSA) is 40.5 Å². The molecule has 2 atom stereocenters. The van der Waals surface area contributed by atoms with Crippen molar-refractivity contribution >= 4 is 5.97 Å². The van der Waals surface area contributed by atoms with Gasteiger partial charge in [0.05, 0.1) is 5.92 Å². The van der Waals surface area contributed by atoms with Gasteiger partial charge in [-0.3, -0.25) is 4.79 Å². The Balaban J connectivity index is 2.13. The summed E-state index contributed by atoms with van der Waals surface area (Å²) in [6.07, 6.45) is 1.26. The van der Waals surface area contributed by atoms with Gasteiger partial charge in [0.15, 0.2) is 0 Å². The smallest absolute Gasteiger partial charge is 0.308 e. The SMILES string of the molecule is CN1CCC(C(=O)O)C1Cc1cccc(F)c1. The number of likely N-dealkylation sites (tertiary alicyclic amines) is 1. The summed E-state index contributed by atoms with van der Waals surface area (Å²) in [5.41, 5.74) is 0.856. The van der Waals surface area contributed by atoms with E-state index in [0.717, 1.165) is 12.1 Å². The van der Waals surface area contributed by atoms with E-state index in [9.17, 15) is 9.18 Å². The first-order valence-corrected chi connectivity index (χ1v) is 5.75. The third-order valence-corrected chi connectivity index (χ3v) is 3.47. The molecule has 17 heavy (non-hydrogen) atoms. The maximum Gasteiger partial charge on any atom is 0.308 e. The van der Waals surface area contributed by atoms with Crippen molar-refractivity contribution in [2.75, 3.05) is 13.6 Å². The second kappa shape index (κ2) is 4.84. The van der Waals surface area contributed by atoms with Crippen LogP contribution in [0.15, 0.2) is 24.3 Å². The minimum absolute atomic E-state index is 0.0331. The quantitative estimate of drug-likeness (QED) is 0.871. The molecule has 1 aliphatic heterocycles. The molecule has 0 bridgehead atoms. The molecule has 4 heteroatoms. The normalized spacial score (nSPS) is 25.1. The lowest BCUT2D eigenvalue weighted by Gasteiger charge is -2.22. The van der Waals surface area contributed by atoms with E-state index in [2.05, 4.69) is 0 Å². The number of carboxylic acids is 1. The van der Waals surface area contributed by atoms with Crippen LogP contribution in [0.5, 0.6) is 0 Å². The number of aliphatic carboxylic acids is 1. The highest BCUT2D eigenvalue weighted by Crippen LogP contribution is 2.26. The van der Waals surface area contributed by atoms with Crippen molar-refractivity contribution in [3.05, 3.63) is 35.6 Å². The molecule has 1 aromatic rings. The minimum atomic E-state index is -0.754. The summed E-state index contributed by atoms with van der Waals surface area (Å²) in [4.78, 5) is 13.2. The third-order valence-electron chi connectivity index (χ3n) is 3.47. The van der Waals surface area contributed by atoms with Crippen LogP contribution < -0.4 is 0 Å². The zero-order valence-electron chi connectivity index (χ0n) is 9.77. The second-order valence-corrected chi connectivity index (χ2v) is 4.62. The van der Waals surface area contributed by atoms with Crippen LogP contribution in [0.4, 0.5) is 4.39 Å². The summed E-state index contributed by atoms with van der Waals surface area (Å²) in [6, 6.07) is 6.35. The lowest BCUT2D eigenvalue weighted by Crippen LogP contribution is -2.34. The van der Waals surface area contributed by atoms with Crippen LogP contribution >= 0.6 is 0 Å². The van der Waals surface area contributed by atoms with Gasteiger partial charge in [0, 0.05) is 6.04 Å². The number of carboxylic acid groups (broad SMARTS) is 1. The Hall–Kier alpha value is -1.42. The summed E-state index contributed by atoms with van der Waals surface area (Å²) in [5.74, 6) is -1.37. The number of rotatable bonds is 3. The van der Waals surface area contributed by atoms with Crippen LogP contribution in [0.2, 0.25) is 0 Å². The van der Waals surface area contributed by atoms with Gasteiger partial charge in [0.2, 0.25) is 0 Å². The summed E-state index contributed by atoms with van der Waals surface area (Å²) in [6.45, 7) is 0.789. The first-order valence-electron chi connectivity index (χ1n) is 5.75. The van der Waals surface area contributed by atoms with Crippen LogP contribution in [0.1, 0.15) is 12.0 Å². The Kier molecular flexibility index (Phi) is 3.43. The van der Waals surface area contributed by atoms with Gasteiger partial charge < -0.3 is 10.0 Å². The Morgan fingerprint density at radius 1 is 1.59 bits per heavy atom. The van der Waals surface area contributed by atoms with Gasteiger partial charge in [0.25, 0.3) is 0 Å². The molecule has 0 aliphatic carbocycles. The highest BCUT2D eigenvalue weighted by Gasteiger charge is 2.36. The van der Waals surface area contributed by atoms with E-state index >= 15 is 0 Å². The van der Waals surface area contributed by atoms with E-state index in [1.807, 2.05) is 18.0 Å². The Labute approximate surface area is 99.9 Å². The number of halogens is 1. The van der Waals surface area contributed by atoms with Gasteiger partial charge in [-0.05, 0) is 44.1 Å². The fourth-order valence-electron chi connectivity index (χ4n) is 2.50. The van der Waals surface area contributed by atoms with E-state index < -0.39 is 5.97 Å². The van der Waals surface area contributed by atoms with Gasteiger partial charge in [-0.1, -0.05) is 12.1 Å². The van der Waals surface area contributed by atoms with Crippen molar-refractivity contribution < 1.29 is 14.3 Å². The zero-order valence-corrected chi connectivity index (χ0v) is 9.77. The van der Waals surface area contributed by atoms with E-state index in [0.29, 0.717) is 12.8 Å². The molecule has 3 nitrogen and oxygen atoms in total. The van der Waals surface area contributed by atoms with E-state index in [-0.39, 0.29) is 17.8 Å². The second-order valence-electron chi connectivity index (χ2n) is 4.62. The number of hydrogen-bond donors (Lipinski definition) is 1. The van der Waals surface area contributed by atoms with E-state index in [4.69, 9.17) is 5.11 Å². The molecule has 0 radical (unpaired) electrons. The molecule has 1 saturated heterocycles. The first-order chi connectivity index (χ1) is 8.08. The molecular weight excluding hydrogens is 221 g/mol. The van der Waals surface area contributed by atoms with E-state index in [1.165, 1.54) is 12.1 Å². The van der Waals surface area contributed by atoms with E-state index in [1.54, 1.807) is 6.07 Å². The lowest BCUT2D eigenvalue weighted by atomic mass is 9.94. The predicted octanol–water partition coefficient (Wildman–Crippen LogP) is 1.77. The van der Waals surface area contributed by atoms with Crippen molar-refractivity contribution in [3.63, 3.8) is 0 Å². The number of hydrogen-bond acceptors (Lipinski definition) is 2. The minimum Gasteiger partial charge on any atom is -0.481 e. The summed E-state index contributed by atoms with van der Waals surface area (Å²) >= 11 is 0. The van der Waals surface area contributed by atoms with Crippen molar-refractivity contribution in [3.8, 4) is 0 Å². The van der Waals surface area contributed by atoms with Crippen LogP contribution in [0.25, 0.3) is 0 Å². The highest BCUT2D eigenvalue weighted by molar-refractivity contribution is 5.71. The standard InChI is InChI=1S/C13H16FNO2/c1-15-6-5-11(13(16)17)12(15)8-9-3-2-4-10(14)7-9/h2-4,7,11-12H,5-6,8H2,1H3,(H,16,17). The number of benzene rings is 1. The van der Waals surface area contributed by atoms with Crippen molar-refractivity contribution in [2.45, 2.75) is 18.9 Å². The molecule has 0 saturated carbocycles. The highest BCUT2D eigenvalue weighted by atomic mass is 19.1. The van der Waals surface area contributed by atoms with Gasteiger partial charge in [0.1, 0.15) is 5.82 Å². The van der Waals surface area contributed by atoms with Gasteiger partial charge in [-0.15, -0.1) is 0 Å². The molecule has 0 aromatic heterocycles. The molecule has 0 amide bonds. The fraction of sp³-hybridized carbons (Fsp3) is 0.462. The van der Waals surface area contributed by atoms with Gasteiger partial charge >= 0.3 is 5.97 Å². The Morgan fingerprint density at radius 2 is 2.35 bits per heavy atom. The van der Waals surface area contributed by atoms with Crippen LogP contribution in [0.3, 0.4) is 0 Å². The Morgan fingerprint density at radius 3 is 3.00 bits per heavy atom. The molecule has 1 fully saturated rings.